The summed E-state index contributed by atoms with van der Waals surface area (Å²) in [5.41, 5.74) is 0.499. The number of amides is 1. The third kappa shape index (κ3) is 2.91. The molecule has 0 saturated carbocycles. The number of carbonyl (C=O) groups is 1. The van der Waals surface area contributed by atoms with Gasteiger partial charge in [0.05, 0.1) is 17.3 Å². The molecule has 0 radical (unpaired) electrons. The standard InChI is InChI=1S/C18H22FN3O3S/c1-21-13-4-5-14(21)9-12(8-13)20-18(23)16-10-22(26(2,24)25)17-6-3-11(19)7-15(16)17/h3,6-7,10,12-14H,4-5,8-9H2,1-2H3,(H,20,23)/t12-,13-,14+. The van der Waals surface area contributed by atoms with Crippen molar-refractivity contribution >= 4 is 26.8 Å². The van der Waals surface area contributed by atoms with Gasteiger partial charge in [0.25, 0.3) is 5.91 Å². The van der Waals surface area contributed by atoms with E-state index in [0.29, 0.717) is 23.0 Å². The minimum atomic E-state index is -3.60. The van der Waals surface area contributed by atoms with Crippen LogP contribution in [0.4, 0.5) is 4.39 Å². The third-order valence-electron chi connectivity index (χ3n) is 5.77. The highest BCUT2D eigenvalue weighted by molar-refractivity contribution is 7.89. The van der Waals surface area contributed by atoms with Gasteiger partial charge in [-0.1, -0.05) is 0 Å². The maximum absolute atomic E-state index is 13.7. The molecule has 0 spiro atoms. The van der Waals surface area contributed by atoms with Gasteiger partial charge in [-0.3, -0.25) is 4.79 Å². The van der Waals surface area contributed by atoms with Gasteiger partial charge in [0.1, 0.15) is 5.82 Å². The van der Waals surface area contributed by atoms with E-state index in [1.807, 2.05) is 0 Å². The number of hydrogen-bond donors (Lipinski definition) is 1. The summed E-state index contributed by atoms with van der Waals surface area (Å²) in [5.74, 6) is -0.855. The first-order chi connectivity index (χ1) is 12.2. The number of rotatable bonds is 3. The number of fused-ring (bicyclic) bond motifs is 3. The van der Waals surface area contributed by atoms with Crippen LogP contribution in [0.2, 0.25) is 0 Å². The first-order valence-corrected chi connectivity index (χ1v) is 10.6. The Kier molecular flexibility index (Phi) is 4.07. The van der Waals surface area contributed by atoms with Gasteiger partial charge >= 0.3 is 0 Å². The summed E-state index contributed by atoms with van der Waals surface area (Å²) >= 11 is 0. The summed E-state index contributed by atoms with van der Waals surface area (Å²) in [7, 11) is -1.47. The topological polar surface area (TPSA) is 71.4 Å². The molecule has 2 fully saturated rings. The van der Waals surface area contributed by atoms with Crippen LogP contribution in [0.1, 0.15) is 36.0 Å². The molecule has 8 heteroatoms. The minimum Gasteiger partial charge on any atom is -0.349 e. The molecule has 2 bridgehead atoms. The summed E-state index contributed by atoms with van der Waals surface area (Å²) in [6.45, 7) is 0. The minimum absolute atomic E-state index is 0.0568. The molecule has 1 amide bonds. The maximum Gasteiger partial charge on any atom is 0.253 e. The number of benzene rings is 1. The lowest BCUT2D eigenvalue weighted by molar-refractivity contribution is 0.0884. The fourth-order valence-corrected chi connectivity index (χ4v) is 5.23. The number of piperidine rings is 1. The van der Waals surface area contributed by atoms with Crippen molar-refractivity contribution < 1.29 is 17.6 Å². The van der Waals surface area contributed by atoms with Crippen molar-refractivity contribution in [3.63, 3.8) is 0 Å². The monoisotopic (exact) mass is 379 g/mol. The van der Waals surface area contributed by atoms with Gasteiger partial charge in [0.2, 0.25) is 10.0 Å². The van der Waals surface area contributed by atoms with Crippen LogP contribution in [0, 0.1) is 5.82 Å². The Labute approximate surface area is 152 Å². The highest BCUT2D eigenvalue weighted by Crippen LogP contribution is 2.34. The molecular weight excluding hydrogens is 357 g/mol. The number of hydrogen-bond acceptors (Lipinski definition) is 4. The van der Waals surface area contributed by atoms with E-state index in [1.165, 1.54) is 24.4 Å². The predicted molar refractivity (Wildman–Crippen MR) is 97.2 cm³/mol. The molecule has 3 heterocycles. The summed E-state index contributed by atoms with van der Waals surface area (Å²) in [6.07, 6.45) is 6.42. The van der Waals surface area contributed by atoms with Crippen LogP contribution < -0.4 is 5.32 Å². The largest absolute Gasteiger partial charge is 0.349 e. The normalized spacial score (nSPS) is 26.3. The van der Waals surface area contributed by atoms with E-state index in [2.05, 4.69) is 17.3 Å². The smallest absolute Gasteiger partial charge is 0.253 e. The molecule has 2 saturated heterocycles. The second-order valence-electron chi connectivity index (χ2n) is 7.46. The van der Waals surface area contributed by atoms with Crippen molar-refractivity contribution in [3.8, 4) is 0 Å². The van der Waals surface area contributed by atoms with Crippen molar-refractivity contribution in [2.75, 3.05) is 13.3 Å². The summed E-state index contributed by atoms with van der Waals surface area (Å²) in [4.78, 5) is 15.2. The molecule has 2 aliphatic rings. The lowest BCUT2D eigenvalue weighted by Gasteiger charge is -2.36. The Hall–Kier alpha value is -1.93. The van der Waals surface area contributed by atoms with Crippen LogP contribution in [0.3, 0.4) is 0 Å². The average molecular weight is 379 g/mol. The molecule has 3 atom stereocenters. The van der Waals surface area contributed by atoms with Crippen molar-refractivity contribution in [1.29, 1.82) is 0 Å². The van der Waals surface area contributed by atoms with E-state index < -0.39 is 15.8 Å². The molecular formula is C18H22FN3O3S. The molecule has 2 aromatic rings. The zero-order valence-corrected chi connectivity index (χ0v) is 15.6. The SMILES string of the molecule is CN1[C@@H]2CC[C@H]1C[C@H](NC(=O)c1cn(S(C)(=O)=O)c3ccc(F)cc13)C2. The van der Waals surface area contributed by atoms with E-state index in [4.69, 9.17) is 0 Å². The molecule has 140 valence electrons. The predicted octanol–water partition coefficient (Wildman–Crippen LogP) is 1.94. The summed E-state index contributed by atoms with van der Waals surface area (Å²) in [6, 6.07) is 4.81. The van der Waals surface area contributed by atoms with E-state index in [9.17, 15) is 17.6 Å². The van der Waals surface area contributed by atoms with Gasteiger partial charge in [0, 0.05) is 29.7 Å². The zero-order valence-electron chi connectivity index (χ0n) is 14.8. The molecule has 1 N–H and O–H groups in total. The van der Waals surface area contributed by atoms with Gasteiger partial charge in [-0.25, -0.2) is 16.8 Å². The average Bonchev–Trinajstić information content (AvgIpc) is 3.01. The van der Waals surface area contributed by atoms with Crippen LogP contribution in [-0.4, -0.2) is 54.6 Å². The number of aromatic nitrogens is 1. The number of carbonyl (C=O) groups excluding carboxylic acids is 1. The molecule has 1 aromatic heterocycles. The van der Waals surface area contributed by atoms with E-state index in [1.54, 1.807) is 0 Å². The Morgan fingerprint density at radius 3 is 2.50 bits per heavy atom. The Morgan fingerprint density at radius 1 is 1.23 bits per heavy atom. The quantitative estimate of drug-likeness (QED) is 0.885. The highest BCUT2D eigenvalue weighted by Gasteiger charge is 2.39. The van der Waals surface area contributed by atoms with Gasteiger partial charge in [-0.05, 0) is 50.9 Å². The second-order valence-corrected chi connectivity index (χ2v) is 9.31. The molecule has 6 nitrogen and oxygen atoms in total. The number of nitrogens with one attached hydrogen (secondary N) is 1. The van der Waals surface area contributed by atoms with Crippen LogP contribution >= 0.6 is 0 Å². The van der Waals surface area contributed by atoms with Crippen LogP contribution in [0.25, 0.3) is 10.9 Å². The van der Waals surface area contributed by atoms with E-state index in [-0.39, 0.29) is 17.5 Å². The van der Waals surface area contributed by atoms with Crippen molar-refractivity contribution in [1.82, 2.24) is 14.2 Å². The van der Waals surface area contributed by atoms with Crippen LogP contribution in [0.5, 0.6) is 0 Å². The lowest BCUT2D eigenvalue weighted by atomic mass is 9.97. The van der Waals surface area contributed by atoms with Gasteiger partial charge < -0.3 is 10.2 Å². The molecule has 0 unspecified atom stereocenters. The lowest BCUT2D eigenvalue weighted by Crippen LogP contribution is -2.48. The molecule has 2 aliphatic heterocycles. The van der Waals surface area contributed by atoms with Crippen LogP contribution in [0.15, 0.2) is 24.4 Å². The van der Waals surface area contributed by atoms with Gasteiger partial charge in [-0.2, -0.15) is 0 Å². The molecule has 1 aromatic carbocycles. The maximum atomic E-state index is 13.7. The van der Waals surface area contributed by atoms with Crippen molar-refractivity contribution in [2.45, 2.75) is 43.8 Å². The fourth-order valence-electron chi connectivity index (χ4n) is 4.42. The second kappa shape index (κ2) is 6.06. The molecule has 0 aliphatic carbocycles. The molecule has 4 rings (SSSR count). The molecule has 26 heavy (non-hydrogen) atoms. The fraction of sp³-hybridized carbons (Fsp3) is 0.500. The van der Waals surface area contributed by atoms with Gasteiger partial charge in [0.15, 0.2) is 0 Å². The highest BCUT2D eigenvalue weighted by atomic mass is 32.2. The first kappa shape index (κ1) is 17.5. The summed E-state index contributed by atoms with van der Waals surface area (Å²) < 4.78 is 38.8. The zero-order chi connectivity index (χ0) is 18.6. The number of halogens is 1. The van der Waals surface area contributed by atoms with Crippen LogP contribution in [-0.2, 0) is 10.0 Å². The number of nitrogens with zero attached hydrogens (tertiary/aromatic N) is 2. The Balaban J connectivity index is 1.66. The Bertz CT molecular complexity index is 971. The Morgan fingerprint density at radius 2 is 1.88 bits per heavy atom. The van der Waals surface area contributed by atoms with E-state index in [0.717, 1.165) is 35.9 Å². The van der Waals surface area contributed by atoms with Crippen molar-refractivity contribution in [3.05, 3.63) is 35.8 Å². The van der Waals surface area contributed by atoms with E-state index >= 15 is 0 Å². The summed E-state index contributed by atoms with van der Waals surface area (Å²) in [5, 5.41) is 3.35. The first-order valence-electron chi connectivity index (χ1n) is 8.78. The van der Waals surface area contributed by atoms with Gasteiger partial charge in [-0.15, -0.1) is 0 Å². The third-order valence-corrected chi connectivity index (χ3v) is 6.78. The van der Waals surface area contributed by atoms with Crippen molar-refractivity contribution in [2.24, 2.45) is 0 Å².